The van der Waals surface area contributed by atoms with Crippen LogP contribution in [0.5, 0.6) is 5.75 Å². The van der Waals surface area contributed by atoms with Gasteiger partial charge in [0, 0.05) is 16.9 Å². The highest BCUT2D eigenvalue weighted by Crippen LogP contribution is 2.38. The maximum absolute atomic E-state index is 13.5. The molecule has 1 unspecified atom stereocenters. The fourth-order valence-corrected chi connectivity index (χ4v) is 4.66. The number of nitrogens with zero attached hydrogens (tertiary/aromatic N) is 1. The van der Waals surface area contributed by atoms with Gasteiger partial charge in [0.15, 0.2) is 0 Å². The fraction of sp³-hybridized carbons (Fsp3) is 0.455. The number of carboxylic acids is 1. The lowest BCUT2D eigenvalue weighted by Gasteiger charge is -2.20. The lowest BCUT2D eigenvalue weighted by molar-refractivity contribution is -0.140. The first-order chi connectivity index (χ1) is 14.1. The molecule has 0 amide bonds. The molecule has 8 heteroatoms. The molecule has 162 valence electrons. The summed E-state index contributed by atoms with van der Waals surface area (Å²) < 4.78 is 50.5. The Balaban J connectivity index is 1.78. The number of hydrogen-bond donors (Lipinski definition) is 1. The van der Waals surface area contributed by atoms with Gasteiger partial charge in [-0.3, -0.25) is 4.79 Å². The van der Waals surface area contributed by atoms with Crippen molar-refractivity contribution in [3.8, 4) is 5.75 Å². The highest BCUT2D eigenvalue weighted by atomic mass is 32.1. The van der Waals surface area contributed by atoms with Gasteiger partial charge in [-0.05, 0) is 74.7 Å². The fourth-order valence-electron chi connectivity index (χ4n) is 3.63. The number of allylic oxidation sites excluding steroid dienone is 2. The second-order valence-corrected chi connectivity index (χ2v) is 8.44. The molecule has 0 spiro atoms. The van der Waals surface area contributed by atoms with Gasteiger partial charge in [-0.2, -0.15) is 17.5 Å². The standard InChI is InChI=1S/C22H24F3NO3S/c1-13-3-5-16(6-4-13)21-18(14(2)26-30-21)12-29-17-9-7-15(8-10-20(27)28)19(11-17)22(23,24)25/h3,7,9,11,16H,4-6,8,10,12H2,1-2H3,(H,27,28). The third kappa shape index (κ3) is 5.41. The van der Waals surface area contributed by atoms with Crippen LogP contribution >= 0.6 is 11.5 Å². The van der Waals surface area contributed by atoms with E-state index >= 15 is 0 Å². The van der Waals surface area contributed by atoms with Crippen LogP contribution in [-0.2, 0) is 24.0 Å². The van der Waals surface area contributed by atoms with Gasteiger partial charge in [0.2, 0.25) is 0 Å². The molecular formula is C22H24F3NO3S. The normalized spacial score (nSPS) is 17.0. The molecule has 30 heavy (non-hydrogen) atoms. The molecule has 1 N–H and O–H groups in total. The Kier molecular flexibility index (Phi) is 6.85. The smallest absolute Gasteiger partial charge is 0.416 e. The van der Waals surface area contributed by atoms with E-state index in [0.717, 1.165) is 41.5 Å². The predicted octanol–water partition coefficient (Wildman–Crippen LogP) is 6.28. The summed E-state index contributed by atoms with van der Waals surface area (Å²) in [5, 5.41) is 8.77. The van der Waals surface area contributed by atoms with Crippen molar-refractivity contribution in [2.24, 2.45) is 0 Å². The van der Waals surface area contributed by atoms with E-state index in [1.54, 1.807) is 0 Å². The first kappa shape index (κ1) is 22.3. The summed E-state index contributed by atoms with van der Waals surface area (Å²) in [4.78, 5) is 11.9. The van der Waals surface area contributed by atoms with Crippen molar-refractivity contribution in [1.82, 2.24) is 4.37 Å². The van der Waals surface area contributed by atoms with E-state index in [2.05, 4.69) is 17.4 Å². The zero-order chi connectivity index (χ0) is 21.9. The van der Waals surface area contributed by atoms with Gasteiger partial charge < -0.3 is 9.84 Å². The van der Waals surface area contributed by atoms with Crippen molar-refractivity contribution in [3.63, 3.8) is 0 Å². The zero-order valence-corrected chi connectivity index (χ0v) is 17.7. The molecule has 0 aliphatic heterocycles. The number of aliphatic carboxylic acids is 1. The third-order valence-corrected chi connectivity index (χ3v) is 6.54. The number of ether oxygens (including phenoxy) is 1. The van der Waals surface area contributed by atoms with Gasteiger partial charge in [-0.25, -0.2) is 0 Å². The molecule has 2 aromatic rings. The Hall–Kier alpha value is -2.35. The summed E-state index contributed by atoms with van der Waals surface area (Å²) in [5.41, 5.74) is 2.27. The van der Waals surface area contributed by atoms with Crippen molar-refractivity contribution in [3.05, 3.63) is 57.1 Å². The van der Waals surface area contributed by atoms with E-state index in [1.165, 1.54) is 29.2 Å². The molecular weight excluding hydrogens is 415 g/mol. The molecule has 0 fully saturated rings. The van der Waals surface area contributed by atoms with Crippen molar-refractivity contribution >= 4 is 17.5 Å². The topological polar surface area (TPSA) is 59.4 Å². The summed E-state index contributed by atoms with van der Waals surface area (Å²) in [5.74, 6) is -0.663. The first-order valence-electron chi connectivity index (χ1n) is 9.80. The number of halogens is 3. The van der Waals surface area contributed by atoms with Crippen molar-refractivity contribution in [2.45, 2.75) is 64.7 Å². The molecule has 4 nitrogen and oxygen atoms in total. The summed E-state index contributed by atoms with van der Waals surface area (Å²) >= 11 is 1.44. The second-order valence-electron chi connectivity index (χ2n) is 7.63. The second kappa shape index (κ2) is 9.20. The number of aromatic nitrogens is 1. The zero-order valence-electron chi connectivity index (χ0n) is 16.9. The molecule has 0 saturated carbocycles. The minimum atomic E-state index is -4.58. The van der Waals surface area contributed by atoms with Crippen molar-refractivity contribution in [1.29, 1.82) is 0 Å². The monoisotopic (exact) mass is 439 g/mol. The maximum atomic E-state index is 13.5. The van der Waals surface area contributed by atoms with Gasteiger partial charge in [0.25, 0.3) is 0 Å². The Labute approximate surface area is 177 Å². The van der Waals surface area contributed by atoms with Gasteiger partial charge in [-0.15, -0.1) is 0 Å². The van der Waals surface area contributed by atoms with E-state index in [4.69, 9.17) is 9.84 Å². The van der Waals surface area contributed by atoms with Crippen molar-refractivity contribution < 1.29 is 27.8 Å². The molecule has 0 bridgehead atoms. The number of carboxylic acid groups (broad SMARTS) is 1. The molecule has 1 aromatic carbocycles. The molecule has 1 heterocycles. The lowest BCUT2D eigenvalue weighted by atomic mass is 9.87. The van der Waals surface area contributed by atoms with E-state index in [0.29, 0.717) is 5.92 Å². The van der Waals surface area contributed by atoms with Crippen LogP contribution in [0.15, 0.2) is 29.8 Å². The number of rotatable bonds is 7. The van der Waals surface area contributed by atoms with E-state index < -0.39 is 17.7 Å². The Morgan fingerprint density at radius 2 is 2.10 bits per heavy atom. The first-order valence-corrected chi connectivity index (χ1v) is 10.6. The van der Waals surface area contributed by atoms with Gasteiger partial charge in [0.1, 0.15) is 12.4 Å². The Bertz CT molecular complexity index is 950. The van der Waals surface area contributed by atoms with Crippen LogP contribution in [-0.4, -0.2) is 15.4 Å². The van der Waals surface area contributed by atoms with Crippen LogP contribution in [0.25, 0.3) is 0 Å². The average molecular weight is 439 g/mol. The molecule has 1 aliphatic carbocycles. The van der Waals surface area contributed by atoms with Crippen molar-refractivity contribution in [2.75, 3.05) is 0 Å². The average Bonchev–Trinajstić information content (AvgIpc) is 3.05. The molecule has 0 radical (unpaired) electrons. The Morgan fingerprint density at radius 3 is 2.73 bits per heavy atom. The summed E-state index contributed by atoms with van der Waals surface area (Å²) in [7, 11) is 0. The summed E-state index contributed by atoms with van der Waals surface area (Å²) in [6.45, 7) is 4.16. The number of aryl methyl sites for hydroxylation is 2. The van der Waals surface area contributed by atoms with Crippen LogP contribution in [0.2, 0.25) is 0 Å². The van der Waals surface area contributed by atoms with Gasteiger partial charge in [0.05, 0.1) is 11.3 Å². The molecule has 0 saturated heterocycles. The Morgan fingerprint density at radius 1 is 1.33 bits per heavy atom. The summed E-state index contributed by atoms with van der Waals surface area (Å²) in [6.07, 6.45) is 0.126. The SMILES string of the molecule is CC1=CCC(c2snc(C)c2COc2ccc(CCC(=O)O)c(C(F)(F)F)c2)CC1. The molecule has 1 aromatic heterocycles. The number of alkyl halides is 3. The van der Waals surface area contributed by atoms with Crippen LogP contribution in [0, 0.1) is 6.92 Å². The van der Waals surface area contributed by atoms with Gasteiger partial charge >= 0.3 is 12.1 Å². The summed E-state index contributed by atoms with van der Waals surface area (Å²) in [6, 6.07) is 3.72. The highest BCUT2D eigenvalue weighted by Gasteiger charge is 2.34. The minimum Gasteiger partial charge on any atom is -0.489 e. The largest absolute Gasteiger partial charge is 0.489 e. The number of benzene rings is 1. The van der Waals surface area contributed by atoms with Crippen LogP contribution in [0.1, 0.15) is 65.8 Å². The maximum Gasteiger partial charge on any atom is 0.416 e. The van der Waals surface area contributed by atoms with Crippen LogP contribution in [0.3, 0.4) is 0 Å². The molecule has 1 atom stereocenters. The third-order valence-electron chi connectivity index (χ3n) is 5.40. The number of hydrogen-bond acceptors (Lipinski definition) is 4. The highest BCUT2D eigenvalue weighted by molar-refractivity contribution is 7.06. The van der Waals surface area contributed by atoms with E-state index in [-0.39, 0.29) is 30.8 Å². The minimum absolute atomic E-state index is 0.0457. The molecule has 3 rings (SSSR count). The predicted molar refractivity (Wildman–Crippen MR) is 109 cm³/mol. The van der Waals surface area contributed by atoms with E-state index in [1.807, 2.05) is 6.92 Å². The van der Waals surface area contributed by atoms with Gasteiger partial charge in [-0.1, -0.05) is 17.7 Å². The lowest BCUT2D eigenvalue weighted by Crippen LogP contribution is -2.11. The number of carbonyl (C=O) groups is 1. The molecule has 1 aliphatic rings. The van der Waals surface area contributed by atoms with Crippen LogP contribution < -0.4 is 4.74 Å². The quantitative estimate of drug-likeness (QED) is 0.516. The van der Waals surface area contributed by atoms with Crippen LogP contribution in [0.4, 0.5) is 13.2 Å². The van der Waals surface area contributed by atoms with E-state index in [9.17, 15) is 18.0 Å².